The number of para-hydroxylation sites is 1. The average molecular weight is 298 g/mol. The van der Waals surface area contributed by atoms with Gasteiger partial charge in [0, 0.05) is 12.8 Å². The van der Waals surface area contributed by atoms with Crippen molar-refractivity contribution in [3.63, 3.8) is 0 Å². The fourth-order valence-corrected chi connectivity index (χ4v) is 2.01. The molecule has 0 atom stereocenters. The molecule has 0 aliphatic rings. The second-order valence-electron chi connectivity index (χ2n) is 5.06. The minimum absolute atomic E-state index is 0.00307. The van der Waals surface area contributed by atoms with Crippen LogP contribution in [0.2, 0.25) is 0 Å². The van der Waals surface area contributed by atoms with E-state index in [9.17, 15) is 14.7 Å². The van der Waals surface area contributed by atoms with Crippen LogP contribution in [0.15, 0.2) is 48.5 Å². The van der Waals surface area contributed by atoms with Gasteiger partial charge in [0.15, 0.2) is 5.78 Å². The van der Waals surface area contributed by atoms with Crippen LogP contribution in [-0.4, -0.2) is 23.3 Å². The van der Waals surface area contributed by atoms with Crippen LogP contribution in [0.25, 0.3) is 0 Å². The molecule has 4 heteroatoms. The van der Waals surface area contributed by atoms with Gasteiger partial charge in [-0.3, -0.25) is 9.59 Å². The molecular formula is C18H18O4. The zero-order valence-corrected chi connectivity index (χ0v) is 12.4. The van der Waals surface area contributed by atoms with Crippen molar-refractivity contribution in [2.45, 2.75) is 19.8 Å². The van der Waals surface area contributed by atoms with Gasteiger partial charge in [-0.2, -0.15) is 0 Å². The minimum Gasteiger partial charge on any atom is -0.507 e. The molecule has 0 saturated carbocycles. The molecule has 114 valence electrons. The molecule has 2 aromatic rings. The molecule has 22 heavy (non-hydrogen) atoms. The second kappa shape index (κ2) is 7.41. The Hall–Kier alpha value is -2.62. The molecule has 0 bridgehead atoms. The smallest absolute Gasteiger partial charge is 0.170 e. The van der Waals surface area contributed by atoms with Gasteiger partial charge in [-0.05, 0) is 36.8 Å². The van der Waals surface area contributed by atoms with Crippen LogP contribution >= 0.6 is 0 Å². The number of rotatable bonds is 7. The van der Waals surface area contributed by atoms with E-state index in [4.69, 9.17) is 4.74 Å². The van der Waals surface area contributed by atoms with Crippen LogP contribution in [0.1, 0.15) is 29.3 Å². The Labute approximate surface area is 129 Å². The molecule has 2 aromatic carbocycles. The van der Waals surface area contributed by atoms with Crippen molar-refractivity contribution in [3.8, 4) is 11.5 Å². The van der Waals surface area contributed by atoms with E-state index in [0.717, 1.165) is 5.56 Å². The van der Waals surface area contributed by atoms with E-state index in [-0.39, 0.29) is 23.7 Å². The van der Waals surface area contributed by atoms with E-state index in [1.807, 2.05) is 0 Å². The molecule has 0 spiro atoms. The van der Waals surface area contributed by atoms with Gasteiger partial charge in [0.1, 0.15) is 17.3 Å². The number of carbonyl (C=O) groups excluding carboxylic acids is 2. The highest BCUT2D eigenvalue weighted by Crippen LogP contribution is 2.19. The Morgan fingerprint density at radius 3 is 2.36 bits per heavy atom. The predicted octanol–water partition coefficient (Wildman–Crippen LogP) is 3.18. The van der Waals surface area contributed by atoms with Crippen LogP contribution in [-0.2, 0) is 11.2 Å². The summed E-state index contributed by atoms with van der Waals surface area (Å²) >= 11 is 0. The highest BCUT2D eigenvalue weighted by atomic mass is 16.5. The lowest BCUT2D eigenvalue weighted by Crippen LogP contribution is -2.04. The Bertz CT molecular complexity index is 659. The SMILES string of the molecule is CC(=O)CCOc1ccc(CC(=O)c2ccccc2O)cc1. The zero-order chi connectivity index (χ0) is 15.9. The second-order valence-corrected chi connectivity index (χ2v) is 5.06. The Morgan fingerprint density at radius 2 is 1.73 bits per heavy atom. The quantitative estimate of drug-likeness (QED) is 0.797. The topological polar surface area (TPSA) is 63.6 Å². The number of phenols is 1. The summed E-state index contributed by atoms with van der Waals surface area (Å²) < 4.78 is 5.43. The van der Waals surface area contributed by atoms with Gasteiger partial charge >= 0.3 is 0 Å². The summed E-state index contributed by atoms with van der Waals surface area (Å²) in [6.07, 6.45) is 0.596. The summed E-state index contributed by atoms with van der Waals surface area (Å²) in [6, 6.07) is 13.7. The molecule has 0 aromatic heterocycles. The Balaban J connectivity index is 1.95. The molecule has 0 fully saturated rings. The van der Waals surface area contributed by atoms with Gasteiger partial charge in [0.2, 0.25) is 0 Å². The maximum atomic E-state index is 12.1. The number of Topliss-reactive ketones (excluding diaryl/α,β-unsaturated/α-hetero) is 2. The number of benzene rings is 2. The van der Waals surface area contributed by atoms with E-state index in [1.54, 1.807) is 42.5 Å². The molecule has 0 heterocycles. The molecule has 0 aliphatic heterocycles. The van der Waals surface area contributed by atoms with Crippen molar-refractivity contribution in [3.05, 3.63) is 59.7 Å². The molecular weight excluding hydrogens is 280 g/mol. The summed E-state index contributed by atoms with van der Waals surface area (Å²) in [5.74, 6) is 0.616. The van der Waals surface area contributed by atoms with Crippen molar-refractivity contribution >= 4 is 11.6 Å². The maximum absolute atomic E-state index is 12.1. The summed E-state index contributed by atoms with van der Waals surface area (Å²) in [6.45, 7) is 1.88. The normalized spacial score (nSPS) is 10.2. The fraction of sp³-hybridized carbons (Fsp3) is 0.222. The summed E-state index contributed by atoms with van der Waals surface area (Å²) in [5.41, 5.74) is 1.16. The van der Waals surface area contributed by atoms with Crippen LogP contribution in [0.4, 0.5) is 0 Å². The van der Waals surface area contributed by atoms with Crippen LogP contribution < -0.4 is 4.74 Å². The lowest BCUT2D eigenvalue weighted by Gasteiger charge is -2.07. The van der Waals surface area contributed by atoms with Crippen LogP contribution in [0, 0.1) is 0 Å². The first-order chi connectivity index (χ1) is 10.6. The number of ether oxygens (including phenoxy) is 1. The summed E-state index contributed by atoms with van der Waals surface area (Å²) in [4.78, 5) is 23.0. The van der Waals surface area contributed by atoms with Crippen molar-refractivity contribution in [1.82, 2.24) is 0 Å². The molecule has 2 rings (SSSR count). The van der Waals surface area contributed by atoms with Gasteiger partial charge in [0.25, 0.3) is 0 Å². The van der Waals surface area contributed by atoms with Crippen molar-refractivity contribution in [2.75, 3.05) is 6.61 Å². The average Bonchev–Trinajstić information content (AvgIpc) is 2.49. The van der Waals surface area contributed by atoms with Crippen molar-refractivity contribution < 1.29 is 19.4 Å². The summed E-state index contributed by atoms with van der Waals surface area (Å²) in [7, 11) is 0. The maximum Gasteiger partial charge on any atom is 0.170 e. The largest absolute Gasteiger partial charge is 0.507 e. The molecule has 0 aliphatic carbocycles. The third-order valence-electron chi connectivity index (χ3n) is 3.22. The minimum atomic E-state index is -0.136. The lowest BCUT2D eigenvalue weighted by molar-refractivity contribution is -0.117. The highest BCUT2D eigenvalue weighted by Gasteiger charge is 2.11. The van der Waals surface area contributed by atoms with Gasteiger partial charge in [-0.15, -0.1) is 0 Å². The van der Waals surface area contributed by atoms with Crippen molar-refractivity contribution in [2.24, 2.45) is 0 Å². The molecule has 0 saturated heterocycles. The monoisotopic (exact) mass is 298 g/mol. The molecule has 0 amide bonds. The van der Waals surface area contributed by atoms with Crippen LogP contribution in [0.5, 0.6) is 11.5 Å². The van der Waals surface area contributed by atoms with E-state index in [2.05, 4.69) is 0 Å². The van der Waals surface area contributed by atoms with E-state index >= 15 is 0 Å². The van der Waals surface area contributed by atoms with Crippen LogP contribution in [0.3, 0.4) is 0 Å². The third-order valence-corrected chi connectivity index (χ3v) is 3.22. The number of hydrogen-bond acceptors (Lipinski definition) is 4. The number of hydrogen-bond donors (Lipinski definition) is 1. The fourth-order valence-electron chi connectivity index (χ4n) is 2.01. The van der Waals surface area contributed by atoms with E-state index < -0.39 is 0 Å². The van der Waals surface area contributed by atoms with Gasteiger partial charge in [-0.25, -0.2) is 0 Å². The van der Waals surface area contributed by atoms with Crippen molar-refractivity contribution in [1.29, 1.82) is 0 Å². The van der Waals surface area contributed by atoms with Gasteiger partial charge in [0.05, 0.1) is 12.2 Å². The molecule has 0 unspecified atom stereocenters. The molecule has 1 N–H and O–H groups in total. The zero-order valence-electron chi connectivity index (χ0n) is 12.4. The number of ketones is 2. The summed E-state index contributed by atoms with van der Waals surface area (Å²) in [5, 5.41) is 9.68. The molecule has 4 nitrogen and oxygen atoms in total. The molecule has 0 radical (unpaired) electrons. The first kappa shape index (κ1) is 15.8. The third kappa shape index (κ3) is 4.45. The van der Waals surface area contributed by atoms with Gasteiger partial charge < -0.3 is 9.84 Å². The first-order valence-corrected chi connectivity index (χ1v) is 7.08. The van der Waals surface area contributed by atoms with E-state index in [0.29, 0.717) is 24.3 Å². The number of phenolic OH excluding ortho intramolecular Hbond substituents is 1. The Kier molecular flexibility index (Phi) is 5.31. The highest BCUT2D eigenvalue weighted by molar-refractivity contribution is 5.99. The predicted molar refractivity (Wildman–Crippen MR) is 83.4 cm³/mol. The Morgan fingerprint density at radius 1 is 1.05 bits per heavy atom. The lowest BCUT2D eigenvalue weighted by atomic mass is 10.0. The first-order valence-electron chi connectivity index (χ1n) is 7.08. The number of aromatic hydroxyl groups is 1. The standard InChI is InChI=1S/C18H18O4/c1-13(19)10-11-22-15-8-6-14(7-9-15)12-18(21)16-4-2-3-5-17(16)20/h2-9,20H,10-12H2,1H3. The van der Waals surface area contributed by atoms with Gasteiger partial charge in [-0.1, -0.05) is 24.3 Å². The van der Waals surface area contributed by atoms with E-state index in [1.165, 1.54) is 13.0 Å². The number of carbonyl (C=O) groups is 2.